The molecule has 1 aromatic carbocycles. The molecule has 0 radical (unpaired) electrons. The van der Waals surface area contributed by atoms with Gasteiger partial charge in [-0.25, -0.2) is 0 Å². The quantitative estimate of drug-likeness (QED) is 0.751. The molecule has 1 heterocycles. The molecule has 110 valence electrons. The number of oxime groups is 1. The molecule has 1 unspecified atom stereocenters. The number of benzene rings is 1. The Morgan fingerprint density at radius 1 is 1.05 bits per heavy atom. The van der Waals surface area contributed by atoms with Crippen molar-refractivity contribution < 1.29 is 31.2 Å². The van der Waals surface area contributed by atoms with Gasteiger partial charge < -0.3 is 4.84 Å². The van der Waals surface area contributed by atoms with Gasteiger partial charge in [0.05, 0.1) is 17.7 Å². The van der Waals surface area contributed by atoms with Gasteiger partial charge in [-0.2, -0.15) is 26.3 Å². The SMILES string of the molecule is FC(F)(F)CC1CC(c2ccc(C(F)(F)F)cc2)=NO1. The fourth-order valence-electron chi connectivity index (χ4n) is 1.82. The summed E-state index contributed by atoms with van der Waals surface area (Å²) in [5.41, 5.74) is -0.289. The topological polar surface area (TPSA) is 21.6 Å². The highest BCUT2D eigenvalue weighted by Crippen LogP contribution is 2.31. The zero-order chi connectivity index (χ0) is 15.0. The molecule has 1 aromatic rings. The molecule has 0 N–H and O–H groups in total. The van der Waals surface area contributed by atoms with Crippen molar-refractivity contribution in [1.82, 2.24) is 0 Å². The second-order valence-electron chi connectivity index (χ2n) is 4.36. The molecule has 1 aliphatic heterocycles. The van der Waals surface area contributed by atoms with Crippen LogP contribution in [0.3, 0.4) is 0 Å². The van der Waals surface area contributed by atoms with E-state index in [1.165, 1.54) is 12.1 Å². The first-order valence-corrected chi connectivity index (χ1v) is 5.62. The first-order chi connectivity index (χ1) is 9.15. The van der Waals surface area contributed by atoms with Crippen molar-refractivity contribution in [3.05, 3.63) is 35.4 Å². The minimum absolute atomic E-state index is 0.0785. The maximum absolute atomic E-state index is 12.4. The van der Waals surface area contributed by atoms with E-state index in [1.54, 1.807) is 0 Å². The lowest BCUT2D eigenvalue weighted by Gasteiger charge is -2.10. The van der Waals surface area contributed by atoms with Crippen LogP contribution in [0, 0.1) is 0 Å². The van der Waals surface area contributed by atoms with Crippen LogP contribution >= 0.6 is 0 Å². The minimum Gasteiger partial charge on any atom is -0.391 e. The lowest BCUT2D eigenvalue weighted by molar-refractivity contribution is -0.157. The lowest BCUT2D eigenvalue weighted by atomic mass is 10.0. The highest BCUT2D eigenvalue weighted by atomic mass is 19.4. The van der Waals surface area contributed by atoms with Crippen LogP contribution in [0.1, 0.15) is 24.0 Å². The van der Waals surface area contributed by atoms with Crippen molar-refractivity contribution >= 4 is 5.71 Å². The van der Waals surface area contributed by atoms with Crippen LogP contribution in [-0.2, 0) is 11.0 Å². The van der Waals surface area contributed by atoms with Gasteiger partial charge in [0.1, 0.15) is 6.10 Å². The van der Waals surface area contributed by atoms with E-state index in [9.17, 15) is 26.3 Å². The molecule has 1 atom stereocenters. The van der Waals surface area contributed by atoms with Crippen LogP contribution in [0.4, 0.5) is 26.3 Å². The fourth-order valence-corrected chi connectivity index (χ4v) is 1.82. The molecule has 1 aliphatic rings. The Hall–Kier alpha value is -1.73. The third-order valence-corrected chi connectivity index (χ3v) is 2.74. The molecule has 8 heteroatoms. The van der Waals surface area contributed by atoms with Gasteiger partial charge in [-0.15, -0.1) is 0 Å². The van der Waals surface area contributed by atoms with E-state index in [2.05, 4.69) is 9.99 Å². The number of alkyl halides is 6. The van der Waals surface area contributed by atoms with Crippen LogP contribution in [0.25, 0.3) is 0 Å². The summed E-state index contributed by atoms with van der Waals surface area (Å²) in [6, 6.07) is 4.05. The molecular formula is C12H9F6NO. The Labute approximate surface area is 110 Å². The number of hydrogen-bond acceptors (Lipinski definition) is 2. The third kappa shape index (κ3) is 3.64. The highest BCUT2D eigenvalue weighted by Gasteiger charge is 2.36. The summed E-state index contributed by atoms with van der Waals surface area (Å²) in [5, 5.41) is 3.50. The normalized spacial score (nSPS) is 19.7. The van der Waals surface area contributed by atoms with Crippen molar-refractivity contribution in [2.24, 2.45) is 5.16 Å². The number of nitrogens with zero attached hydrogens (tertiary/aromatic N) is 1. The molecule has 2 rings (SSSR count). The Kier molecular flexibility index (Phi) is 3.66. The minimum atomic E-state index is -4.45. The molecular weight excluding hydrogens is 288 g/mol. The molecule has 0 aliphatic carbocycles. The van der Waals surface area contributed by atoms with Gasteiger partial charge in [-0.05, 0) is 17.7 Å². The van der Waals surface area contributed by atoms with Crippen LogP contribution in [0.2, 0.25) is 0 Å². The van der Waals surface area contributed by atoms with Crippen molar-refractivity contribution in [3.8, 4) is 0 Å². The summed E-state index contributed by atoms with van der Waals surface area (Å²) in [5.74, 6) is 0. The van der Waals surface area contributed by atoms with Gasteiger partial charge in [0.15, 0.2) is 0 Å². The van der Waals surface area contributed by atoms with E-state index in [0.29, 0.717) is 5.56 Å². The van der Waals surface area contributed by atoms with Crippen LogP contribution in [0.15, 0.2) is 29.4 Å². The summed E-state index contributed by atoms with van der Waals surface area (Å²) >= 11 is 0. The number of rotatable bonds is 2. The van der Waals surface area contributed by atoms with E-state index < -0.39 is 30.4 Å². The molecule has 0 fully saturated rings. The van der Waals surface area contributed by atoms with Gasteiger partial charge in [0, 0.05) is 6.42 Å². The van der Waals surface area contributed by atoms with Gasteiger partial charge in [0.2, 0.25) is 0 Å². The monoisotopic (exact) mass is 297 g/mol. The average molecular weight is 297 g/mol. The van der Waals surface area contributed by atoms with E-state index >= 15 is 0 Å². The Balaban J connectivity index is 2.04. The number of halogens is 6. The summed E-state index contributed by atoms with van der Waals surface area (Å²) in [6.07, 6.45) is -11.2. The molecule has 2 nitrogen and oxygen atoms in total. The van der Waals surface area contributed by atoms with Crippen molar-refractivity contribution in [2.45, 2.75) is 31.3 Å². The van der Waals surface area contributed by atoms with Gasteiger partial charge in [-0.3, -0.25) is 0 Å². The van der Waals surface area contributed by atoms with Crippen LogP contribution < -0.4 is 0 Å². The Bertz CT molecular complexity index is 502. The standard InChI is InChI=1S/C12H9F6NO/c13-11(14,15)6-9-5-10(19-20-9)7-1-3-8(4-2-7)12(16,17)18/h1-4,9H,5-6H2. The second-order valence-corrected chi connectivity index (χ2v) is 4.36. The number of hydrogen-bond donors (Lipinski definition) is 0. The predicted octanol–water partition coefficient (Wildman–Crippen LogP) is 4.15. The van der Waals surface area contributed by atoms with Crippen LogP contribution in [0.5, 0.6) is 0 Å². The molecule has 0 bridgehead atoms. The maximum Gasteiger partial charge on any atom is 0.416 e. The maximum atomic E-state index is 12.4. The second kappa shape index (κ2) is 4.99. The van der Waals surface area contributed by atoms with Crippen molar-refractivity contribution in [1.29, 1.82) is 0 Å². The predicted molar refractivity (Wildman–Crippen MR) is 58.1 cm³/mol. The third-order valence-electron chi connectivity index (χ3n) is 2.74. The van der Waals surface area contributed by atoms with Crippen LogP contribution in [-0.4, -0.2) is 18.0 Å². The summed E-state index contributed by atoms with van der Waals surface area (Å²) in [6.45, 7) is 0. The molecule has 0 saturated carbocycles. The average Bonchev–Trinajstić information content (AvgIpc) is 2.74. The summed E-state index contributed by atoms with van der Waals surface area (Å²) in [4.78, 5) is 4.64. The first-order valence-electron chi connectivity index (χ1n) is 5.62. The first kappa shape index (κ1) is 14.7. The zero-order valence-electron chi connectivity index (χ0n) is 9.92. The molecule has 0 aromatic heterocycles. The molecule has 0 spiro atoms. The molecule has 0 amide bonds. The van der Waals surface area contributed by atoms with Crippen molar-refractivity contribution in [3.63, 3.8) is 0 Å². The van der Waals surface area contributed by atoms with Gasteiger partial charge >= 0.3 is 12.4 Å². The van der Waals surface area contributed by atoms with Crippen molar-refractivity contribution in [2.75, 3.05) is 0 Å². The smallest absolute Gasteiger partial charge is 0.391 e. The van der Waals surface area contributed by atoms with E-state index in [-0.39, 0.29) is 12.1 Å². The Morgan fingerprint density at radius 2 is 1.65 bits per heavy atom. The Morgan fingerprint density at radius 3 is 2.15 bits per heavy atom. The largest absolute Gasteiger partial charge is 0.416 e. The lowest BCUT2D eigenvalue weighted by Crippen LogP contribution is -2.19. The fraction of sp³-hybridized carbons (Fsp3) is 0.417. The van der Waals surface area contributed by atoms with Gasteiger partial charge in [-0.1, -0.05) is 17.3 Å². The van der Waals surface area contributed by atoms with Gasteiger partial charge in [0.25, 0.3) is 0 Å². The highest BCUT2D eigenvalue weighted by molar-refractivity contribution is 6.01. The summed E-state index contributed by atoms with van der Waals surface area (Å²) in [7, 11) is 0. The molecule has 20 heavy (non-hydrogen) atoms. The van der Waals surface area contributed by atoms with E-state index in [4.69, 9.17) is 0 Å². The summed E-state index contributed by atoms with van der Waals surface area (Å²) < 4.78 is 73.6. The van der Waals surface area contributed by atoms with E-state index in [0.717, 1.165) is 12.1 Å². The zero-order valence-corrected chi connectivity index (χ0v) is 9.92. The van der Waals surface area contributed by atoms with E-state index in [1.807, 2.05) is 0 Å². The molecule has 0 saturated heterocycles.